The van der Waals surface area contributed by atoms with Gasteiger partial charge in [0.2, 0.25) is 5.91 Å². The van der Waals surface area contributed by atoms with Gasteiger partial charge in [0.1, 0.15) is 5.75 Å². The highest BCUT2D eigenvalue weighted by atomic mass is 16.5. The molecule has 3 fully saturated rings. The molecule has 1 aromatic carbocycles. The lowest BCUT2D eigenvalue weighted by Crippen LogP contribution is -2.57. The van der Waals surface area contributed by atoms with Gasteiger partial charge in [0.05, 0.1) is 5.41 Å². The standard InChI is InChI=1S/C22H31N3O3/c1-17-5-7-19(8-6-17)28-15-20(26)24-10-12-25(13-11-24)21(27)22-9-3-2-4-18(22)14-23-16-22/h5-8,18,23H,2-4,9-16H2,1H3/t18-,22+/m0/s1. The zero-order valence-electron chi connectivity index (χ0n) is 16.8. The Morgan fingerprint density at radius 1 is 1.11 bits per heavy atom. The molecule has 0 bridgehead atoms. The van der Waals surface area contributed by atoms with E-state index in [9.17, 15) is 9.59 Å². The summed E-state index contributed by atoms with van der Waals surface area (Å²) in [6, 6.07) is 7.71. The number of aryl methyl sites for hydroxylation is 1. The first-order valence-corrected chi connectivity index (χ1v) is 10.6. The first-order valence-electron chi connectivity index (χ1n) is 10.6. The van der Waals surface area contributed by atoms with Gasteiger partial charge in [-0.2, -0.15) is 0 Å². The Hall–Kier alpha value is -2.08. The summed E-state index contributed by atoms with van der Waals surface area (Å²) in [6.45, 7) is 6.30. The molecule has 2 amide bonds. The lowest BCUT2D eigenvalue weighted by atomic mass is 9.67. The van der Waals surface area contributed by atoms with E-state index in [-0.39, 0.29) is 17.9 Å². The molecule has 2 saturated heterocycles. The van der Waals surface area contributed by atoms with Gasteiger partial charge in [-0.3, -0.25) is 9.59 Å². The van der Waals surface area contributed by atoms with Crippen LogP contribution in [0.4, 0.5) is 0 Å². The molecule has 0 radical (unpaired) electrons. The van der Waals surface area contributed by atoms with E-state index in [1.165, 1.54) is 6.42 Å². The molecule has 1 saturated carbocycles. The molecular formula is C22H31N3O3. The molecule has 6 heteroatoms. The lowest BCUT2D eigenvalue weighted by molar-refractivity contribution is -0.150. The summed E-state index contributed by atoms with van der Waals surface area (Å²) in [5.74, 6) is 1.49. The van der Waals surface area contributed by atoms with E-state index in [4.69, 9.17) is 4.74 Å². The Morgan fingerprint density at radius 2 is 1.82 bits per heavy atom. The Kier molecular flexibility index (Phi) is 5.58. The topological polar surface area (TPSA) is 61.9 Å². The van der Waals surface area contributed by atoms with Gasteiger partial charge in [-0.15, -0.1) is 0 Å². The highest BCUT2D eigenvalue weighted by Gasteiger charge is 2.51. The van der Waals surface area contributed by atoms with Crippen molar-refractivity contribution in [2.45, 2.75) is 32.6 Å². The van der Waals surface area contributed by atoms with E-state index < -0.39 is 0 Å². The van der Waals surface area contributed by atoms with Crippen LogP contribution >= 0.6 is 0 Å². The molecule has 1 N–H and O–H groups in total. The first-order chi connectivity index (χ1) is 13.6. The number of carbonyl (C=O) groups excluding carboxylic acids is 2. The van der Waals surface area contributed by atoms with Crippen molar-refractivity contribution in [1.82, 2.24) is 15.1 Å². The minimum absolute atomic E-state index is 0.0103. The van der Waals surface area contributed by atoms with E-state index in [1.54, 1.807) is 0 Å². The van der Waals surface area contributed by atoms with Crippen LogP contribution in [0, 0.1) is 18.3 Å². The number of carbonyl (C=O) groups is 2. The van der Waals surface area contributed by atoms with E-state index in [2.05, 4.69) is 5.32 Å². The van der Waals surface area contributed by atoms with Crippen molar-refractivity contribution in [3.05, 3.63) is 29.8 Å². The summed E-state index contributed by atoms with van der Waals surface area (Å²) in [7, 11) is 0. The molecular weight excluding hydrogens is 354 g/mol. The van der Waals surface area contributed by atoms with Gasteiger partial charge in [0.15, 0.2) is 6.61 Å². The summed E-state index contributed by atoms with van der Waals surface area (Å²) >= 11 is 0. The minimum atomic E-state index is -0.195. The van der Waals surface area contributed by atoms with Gasteiger partial charge in [-0.05, 0) is 44.4 Å². The summed E-state index contributed by atoms with van der Waals surface area (Å²) in [5, 5.41) is 3.46. The van der Waals surface area contributed by atoms with Crippen LogP contribution in [-0.2, 0) is 9.59 Å². The average molecular weight is 386 g/mol. The van der Waals surface area contributed by atoms with E-state index >= 15 is 0 Å². The fourth-order valence-corrected chi connectivity index (χ4v) is 5.01. The first kappa shape index (κ1) is 19.2. The van der Waals surface area contributed by atoms with Crippen molar-refractivity contribution in [2.75, 3.05) is 45.9 Å². The third-order valence-electron chi connectivity index (χ3n) is 6.77. The highest BCUT2D eigenvalue weighted by molar-refractivity contribution is 5.84. The number of fused-ring (bicyclic) bond motifs is 1. The van der Waals surface area contributed by atoms with Crippen LogP contribution in [0.15, 0.2) is 24.3 Å². The van der Waals surface area contributed by atoms with Gasteiger partial charge in [0.25, 0.3) is 5.91 Å². The number of ether oxygens (including phenoxy) is 1. The predicted molar refractivity (Wildman–Crippen MR) is 107 cm³/mol. The number of piperazine rings is 1. The second-order valence-corrected chi connectivity index (χ2v) is 8.50. The molecule has 2 aliphatic heterocycles. The maximum Gasteiger partial charge on any atom is 0.260 e. The van der Waals surface area contributed by atoms with Gasteiger partial charge >= 0.3 is 0 Å². The number of rotatable bonds is 4. The molecule has 2 atom stereocenters. The number of nitrogens with zero attached hydrogens (tertiary/aromatic N) is 2. The smallest absolute Gasteiger partial charge is 0.260 e. The minimum Gasteiger partial charge on any atom is -0.484 e. The van der Waals surface area contributed by atoms with Gasteiger partial charge in [-0.25, -0.2) is 0 Å². The number of hydrogen-bond donors (Lipinski definition) is 1. The molecule has 1 aromatic rings. The van der Waals surface area contributed by atoms with Crippen LogP contribution in [0.2, 0.25) is 0 Å². The number of nitrogens with one attached hydrogen (secondary N) is 1. The summed E-state index contributed by atoms with van der Waals surface area (Å²) in [6.07, 6.45) is 4.56. The summed E-state index contributed by atoms with van der Waals surface area (Å²) < 4.78 is 5.62. The van der Waals surface area contributed by atoms with Crippen molar-refractivity contribution >= 4 is 11.8 Å². The molecule has 28 heavy (non-hydrogen) atoms. The molecule has 2 heterocycles. The quantitative estimate of drug-likeness (QED) is 0.859. The second-order valence-electron chi connectivity index (χ2n) is 8.50. The van der Waals surface area contributed by atoms with Crippen LogP contribution in [0.25, 0.3) is 0 Å². The monoisotopic (exact) mass is 385 g/mol. The van der Waals surface area contributed by atoms with Crippen molar-refractivity contribution < 1.29 is 14.3 Å². The predicted octanol–water partition coefficient (Wildman–Crippen LogP) is 1.82. The molecule has 152 valence electrons. The number of benzene rings is 1. The fraction of sp³-hybridized carbons (Fsp3) is 0.636. The van der Waals surface area contributed by atoms with Crippen molar-refractivity contribution in [3.8, 4) is 5.75 Å². The maximum atomic E-state index is 13.3. The van der Waals surface area contributed by atoms with E-state index in [0.717, 1.165) is 37.9 Å². The van der Waals surface area contributed by atoms with Gasteiger partial charge in [-0.1, -0.05) is 30.5 Å². The van der Waals surface area contributed by atoms with E-state index in [0.29, 0.717) is 43.8 Å². The average Bonchev–Trinajstić information content (AvgIpc) is 3.18. The second kappa shape index (κ2) is 8.11. The van der Waals surface area contributed by atoms with Crippen LogP contribution < -0.4 is 10.1 Å². The third kappa shape index (κ3) is 3.75. The van der Waals surface area contributed by atoms with Crippen LogP contribution in [0.3, 0.4) is 0 Å². The normalized spacial score (nSPS) is 27.4. The molecule has 0 unspecified atom stereocenters. The van der Waals surface area contributed by atoms with Crippen molar-refractivity contribution in [1.29, 1.82) is 0 Å². The van der Waals surface area contributed by atoms with Crippen molar-refractivity contribution in [2.24, 2.45) is 11.3 Å². The zero-order valence-corrected chi connectivity index (χ0v) is 16.8. The Morgan fingerprint density at radius 3 is 2.57 bits per heavy atom. The zero-order chi connectivity index (χ0) is 19.6. The largest absolute Gasteiger partial charge is 0.484 e. The SMILES string of the molecule is Cc1ccc(OCC(=O)N2CCN(C(=O)[C@@]34CCCC[C@H]3CNC4)CC2)cc1. The van der Waals surface area contributed by atoms with Gasteiger partial charge in [0, 0.05) is 32.7 Å². The Bertz CT molecular complexity index is 712. The molecule has 4 rings (SSSR count). The summed E-state index contributed by atoms with van der Waals surface area (Å²) in [5.41, 5.74) is 0.968. The van der Waals surface area contributed by atoms with Crippen LogP contribution in [0.1, 0.15) is 31.2 Å². The Balaban J connectivity index is 1.28. The fourth-order valence-electron chi connectivity index (χ4n) is 5.01. The highest BCUT2D eigenvalue weighted by Crippen LogP contribution is 2.45. The lowest BCUT2D eigenvalue weighted by Gasteiger charge is -2.43. The van der Waals surface area contributed by atoms with Crippen LogP contribution in [0.5, 0.6) is 5.75 Å². The molecule has 0 aromatic heterocycles. The molecule has 1 aliphatic carbocycles. The maximum absolute atomic E-state index is 13.3. The van der Waals surface area contributed by atoms with Crippen LogP contribution in [-0.4, -0.2) is 67.5 Å². The number of hydrogen-bond acceptors (Lipinski definition) is 4. The molecule has 6 nitrogen and oxygen atoms in total. The number of amides is 2. The Labute approximate surface area is 167 Å². The molecule has 3 aliphatic rings. The van der Waals surface area contributed by atoms with Gasteiger partial charge < -0.3 is 19.9 Å². The van der Waals surface area contributed by atoms with E-state index in [1.807, 2.05) is 41.0 Å². The third-order valence-corrected chi connectivity index (χ3v) is 6.77. The summed E-state index contributed by atoms with van der Waals surface area (Å²) in [4.78, 5) is 29.6. The molecule has 0 spiro atoms. The van der Waals surface area contributed by atoms with Crippen molar-refractivity contribution in [3.63, 3.8) is 0 Å².